The Bertz CT molecular complexity index is 429. The van der Waals surface area contributed by atoms with Gasteiger partial charge in [0.1, 0.15) is 12.4 Å². The zero-order valence-corrected chi connectivity index (χ0v) is 9.45. The molecule has 1 N–H and O–H groups in total. The molecule has 1 aromatic carbocycles. The monoisotopic (exact) mass is 264 g/mol. The molecule has 0 unspecified atom stereocenters. The number of alkyl halides is 3. The van der Waals surface area contributed by atoms with E-state index >= 15 is 0 Å². The Hall–Kier alpha value is -1.76. The molecule has 4 nitrogen and oxygen atoms in total. The predicted octanol–water partition coefficient (Wildman–Crippen LogP) is 2.47. The van der Waals surface area contributed by atoms with Gasteiger partial charge >= 0.3 is 12.1 Å². The second-order valence-electron chi connectivity index (χ2n) is 3.44. The van der Waals surface area contributed by atoms with Crippen LogP contribution in [0.3, 0.4) is 0 Å². The summed E-state index contributed by atoms with van der Waals surface area (Å²) >= 11 is 0. The van der Waals surface area contributed by atoms with Gasteiger partial charge in [-0.3, -0.25) is 0 Å². The number of hydrogen-bond acceptors (Lipinski definition) is 3. The molecular formula is C11H11F3O4. The summed E-state index contributed by atoms with van der Waals surface area (Å²) < 4.78 is 45.0. The van der Waals surface area contributed by atoms with E-state index < -0.39 is 18.8 Å². The highest BCUT2D eigenvalue weighted by Crippen LogP contribution is 2.22. The minimum absolute atomic E-state index is 0.00794. The average Bonchev–Trinajstić information content (AvgIpc) is 2.27. The number of carbonyl (C=O) groups is 1. The lowest BCUT2D eigenvalue weighted by Gasteiger charge is -2.11. The van der Waals surface area contributed by atoms with E-state index in [2.05, 4.69) is 4.74 Å². The molecule has 0 heterocycles. The number of aromatic carboxylic acids is 1. The van der Waals surface area contributed by atoms with Crippen molar-refractivity contribution >= 4 is 5.97 Å². The van der Waals surface area contributed by atoms with Crippen molar-refractivity contribution in [3.63, 3.8) is 0 Å². The number of methoxy groups -OCH3 is 1. The summed E-state index contributed by atoms with van der Waals surface area (Å²) in [4.78, 5) is 10.7. The van der Waals surface area contributed by atoms with E-state index in [1.165, 1.54) is 25.3 Å². The fourth-order valence-corrected chi connectivity index (χ4v) is 1.27. The third-order valence-electron chi connectivity index (χ3n) is 2.06. The van der Waals surface area contributed by atoms with E-state index in [0.717, 1.165) is 0 Å². The lowest BCUT2D eigenvalue weighted by molar-refractivity contribution is -0.176. The topological polar surface area (TPSA) is 55.8 Å². The molecule has 0 atom stereocenters. The van der Waals surface area contributed by atoms with Crippen molar-refractivity contribution < 1.29 is 32.5 Å². The maximum absolute atomic E-state index is 11.9. The van der Waals surface area contributed by atoms with Gasteiger partial charge in [-0.15, -0.1) is 0 Å². The van der Waals surface area contributed by atoms with Crippen LogP contribution in [0.5, 0.6) is 5.75 Å². The van der Waals surface area contributed by atoms with E-state index in [0.29, 0.717) is 5.56 Å². The Morgan fingerprint density at radius 3 is 2.56 bits per heavy atom. The van der Waals surface area contributed by atoms with E-state index in [-0.39, 0.29) is 17.9 Å². The summed E-state index contributed by atoms with van der Waals surface area (Å²) in [6.45, 7) is -1.67. The summed E-state index contributed by atoms with van der Waals surface area (Å²) in [7, 11) is 1.30. The van der Waals surface area contributed by atoms with Crippen LogP contribution in [-0.4, -0.2) is 31.0 Å². The van der Waals surface area contributed by atoms with Crippen LogP contribution in [0.15, 0.2) is 18.2 Å². The van der Waals surface area contributed by atoms with Crippen LogP contribution in [-0.2, 0) is 11.3 Å². The molecule has 0 aromatic heterocycles. The Balaban J connectivity index is 2.74. The normalized spacial score (nSPS) is 11.3. The molecule has 100 valence electrons. The first kappa shape index (κ1) is 14.3. The third-order valence-corrected chi connectivity index (χ3v) is 2.06. The minimum Gasteiger partial charge on any atom is -0.496 e. The van der Waals surface area contributed by atoms with E-state index in [9.17, 15) is 18.0 Å². The average molecular weight is 264 g/mol. The van der Waals surface area contributed by atoms with Gasteiger partial charge in [-0.05, 0) is 12.1 Å². The molecule has 0 bridgehead atoms. The van der Waals surface area contributed by atoms with Crippen LogP contribution in [0.25, 0.3) is 0 Å². The molecule has 0 aliphatic rings. The maximum Gasteiger partial charge on any atom is 0.411 e. The SMILES string of the molecule is COc1cc(C(=O)O)ccc1COCC(F)(F)F. The number of ether oxygens (including phenoxy) is 2. The quantitative estimate of drug-likeness (QED) is 0.887. The number of carboxylic acid groups (broad SMARTS) is 1. The molecule has 0 aliphatic heterocycles. The molecule has 0 radical (unpaired) electrons. The number of hydrogen-bond donors (Lipinski definition) is 1. The van der Waals surface area contributed by atoms with Gasteiger partial charge in [0, 0.05) is 5.56 Å². The first-order valence-electron chi connectivity index (χ1n) is 4.88. The third kappa shape index (κ3) is 4.25. The van der Waals surface area contributed by atoms with Gasteiger partial charge in [-0.25, -0.2) is 4.79 Å². The molecular weight excluding hydrogens is 253 g/mol. The second kappa shape index (κ2) is 5.72. The van der Waals surface area contributed by atoms with Gasteiger partial charge in [-0.1, -0.05) is 6.07 Å². The van der Waals surface area contributed by atoms with Crippen LogP contribution in [0.2, 0.25) is 0 Å². The Labute approximate surface area is 101 Å². The van der Waals surface area contributed by atoms with Crippen LogP contribution >= 0.6 is 0 Å². The Morgan fingerprint density at radius 1 is 1.39 bits per heavy atom. The Kier molecular flexibility index (Phi) is 4.55. The molecule has 0 fully saturated rings. The smallest absolute Gasteiger partial charge is 0.411 e. The van der Waals surface area contributed by atoms with Crippen molar-refractivity contribution in [3.05, 3.63) is 29.3 Å². The molecule has 7 heteroatoms. The molecule has 0 spiro atoms. The number of halogens is 3. The highest BCUT2D eigenvalue weighted by Gasteiger charge is 2.27. The standard InChI is InChI=1S/C11H11F3O4/c1-17-9-4-7(10(15)16)2-3-8(9)5-18-6-11(12,13)14/h2-4H,5-6H2,1H3,(H,15,16). The van der Waals surface area contributed by atoms with Crippen molar-refractivity contribution in [3.8, 4) is 5.75 Å². The molecule has 0 aliphatic carbocycles. The van der Waals surface area contributed by atoms with Crippen LogP contribution in [0.4, 0.5) is 13.2 Å². The van der Waals surface area contributed by atoms with Gasteiger partial charge in [0.15, 0.2) is 0 Å². The molecule has 1 rings (SSSR count). The van der Waals surface area contributed by atoms with Gasteiger partial charge in [0.05, 0.1) is 19.3 Å². The van der Waals surface area contributed by atoms with E-state index in [1.807, 2.05) is 0 Å². The van der Waals surface area contributed by atoms with Crippen LogP contribution < -0.4 is 4.74 Å². The van der Waals surface area contributed by atoms with Crippen LogP contribution in [0, 0.1) is 0 Å². The van der Waals surface area contributed by atoms with Gasteiger partial charge in [0.25, 0.3) is 0 Å². The Morgan fingerprint density at radius 2 is 2.06 bits per heavy atom. The molecule has 0 saturated heterocycles. The maximum atomic E-state index is 11.9. The van der Waals surface area contributed by atoms with Crippen molar-refractivity contribution in [2.75, 3.05) is 13.7 Å². The number of benzene rings is 1. The number of rotatable bonds is 5. The fraction of sp³-hybridized carbons (Fsp3) is 0.364. The summed E-state index contributed by atoms with van der Waals surface area (Å²) in [5, 5.41) is 8.74. The first-order valence-corrected chi connectivity index (χ1v) is 4.88. The molecule has 18 heavy (non-hydrogen) atoms. The lowest BCUT2D eigenvalue weighted by Crippen LogP contribution is -2.16. The summed E-state index contributed by atoms with van der Waals surface area (Å²) in [5.41, 5.74) is 0.346. The first-order chi connectivity index (χ1) is 8.33. The molecule has 1 aromatic rings. The van der Waals surface area contributed by atoms with Crippen molar-refractivity contribution in [2.45, 2.75) is 12.8 Å². The zero-order chi connectivity index (χ0) is 13.8. The van der Waals surface area contributed by atoms with E-state index in [4.69, 9.17) is 9.84 Å². The largest absolute Gasteiger partial charge is 0.496 e. The molecule has 0 saturated carbocycles. The van der Waals surface area contributed by atoms with Crippen molar-refractivity contribution in [1.82, 2.24) is 0 Å². The van der Waals surface area contributed by atoms with Gasteiger partial charge < -0.3 is 14.6 Å². The highest BCUT2D eigenvalue weighted by atomic mass is 19.4. The zero-order valence-electron chi connectivity index (χ0n) is 9.45. The highest BCUT2D eigenvalue weighted by molar-refractivity contribution is 5.88. The summed E-state index contributed by atoms with van der Waals surface area (Å²) in [5.74, 6) is -0.965. The van der Waals surface area contributed by atoms with Crippen molar-refractivity contribution in [2.24, 2.45) is 0 Å². The molecule has 0 amide bonds. The van der Waals surface area contributed by atoms with Crippen LogP contribution in [0.1, 0.15) is 15.9 Å². The predicted molar refractivity (Wildman–Crippen MR) is 55.7 cm³/mol. The minimum atomic E-state index is -4.39. The second-order valence-corrected chi connectivity index (χ2v) is 3.44. The lowest BCUT2D eigenvalue weighted by atomic mass is 10.1. The fourth-order valence-electron chi connectivity index (χ4n) is 1.27. The van der Waals surface area contributed by atoms with Gasteiger partial charge in [-0.2, -0.15) is 13.2 Å². The summed E-state index contributed by atoms with van der Waals surface area (Å²) in [6, 6.07) is 3.87. The number of carboxylic acids is 1. The van der Waals surface area contributed by atoms with Gasteiger partial charge in [0.2, 0.25) is 0 Å². The summed E-state index contributed by atoms with van der Waals surface area (Å²) in [6.07, 6.45) is -4.39. The van der Waals surface area contributed by atoms with E-state index in [1.54, 1.807) is 0 Å². The van der Waals surface area contributed by atoms with Crippen molar-refractivity contribution in [1.29, 1.82) is 0 Å².